The molecule has 0 unspecified atom stereocenters. The smallest absolute Gasteiger partial charge is 0.330 e. The fourth-order valence-corrected chi connectivity index (χ4v) is 1.03. The Hall–Kier alpha value is -2.64. The van der Waals surface area contributed by atoms with E-state index in [-0.39, 0.29) is 0 Å². The first-order chi connectivity index (χ1) is 11.4. The summed E-state index contributed by atoms with van der Waals surface area (Å²) in [5.41, 5.74) is 0. The minimum atomic E-state index is -0.537. The largest absolute Gasteiger partial charge is 0.463 e. The molecule has 0 aromatic carbocycles. The van der Waals surface area contributed by atoms with Crippen LogP contribution in [-0.2, 0) is 38.1 Å². The summed E-state index contributed by atoms with van der Waals surface area (Å²) in [5, 5.41) is 0. The maximum Gasteiger partial charge on any atom is 0.330 e. The monoisotopic (exact) mass is 344 g/mol. The zero-order valence-corrected chi connectivity index (χ0v) is 14.4. The van der Waals surface area contributed by atoms with Crippen LogP contribution in [0.1, 0.15) is 27.7 Å². The van der Waals surface area contributed by atoms with Gasteiger partial charge in [0, 0.05) is 24.3 Å². The summed E-state index contributed by atoms with van der Waals surface area (Å²) in [6.07, 6.45) is 4.17. The quantitative estimate of drug-likeness (QED) is 0.369. The molecule has 24 heavy (non-hydrogen) atoms. The van der Waals surface area contributed by atoms with E-state index in [1.54, 1.807) is 27.7 Å². The normalized spacial score (nSPS) is 9.83. The van der Waals surface area contributed by atoms with E-state index in [2.05, 4.69) is 18.9 Å². The third-order valence-corrected chi connectivity index (χ3v) is 1.86. The van der Waals surface area contributed by atoms with Crippen molar-refractivity contribution in [3.63, 3.8) is 0 Å². The van der Waals surface area contributed by atoms with E-state index >= 15 is 0 Å². The fourth-order valence-electron chi connectivity index (χ4n) is 1.03. The summed E-state index contributed by atoms with van der Waals surface area (Å²) in [4.78, 5) is 42.5. The summed E-state index contributed by atoms with van der Waals surface area (Å²) in [6, 6.07) is 0. The van der Waals surface area contributed by atoms with Gasteiger partial charge in [-0.1, -0.05) is 0 Å². The second-order valence-corrected chi connectivity index (χ2v) is 3.67. The second kappa shape index (κ2) is 16.7. The Morgan fingerprint density at radius 1 is 0.500 bits per heavy atom. The molecule has 0 aromatic heterocycles. The number of hydrogen-bond donors (Lipinski definition) is 0. The van der Waals surface area contributed by atoms with Gasteiger partial charge in [0.25, 0.3) is 0 Å². The summed E-state index contributed by atoms with van der Waals surface area (Å²) < 4.78 is 18.1. The minimum Gasteiger partial charge on any atom is -0.463 e. The Labute approximate surface area is 141 Å². The van der Waals surface area contributed by atoms with E-state index in [9.17, 15) is 19.2 Å². The molecule has 0 amide bonds. The van der Waals surface area contributed by atoms with E-state index in [4.69, 9.17) is 0 Å². The third-order valence-electron chi connectivity index (χ3n) is 1.86. The minimum absolute atomic E-state index is 0.298. The van der Waals surface area contributed by atoms with Crippen LogP contribution in [0.2, 0.25) is 0 Å². The van der Waals surface area contributed by atoms with Crippen molar-refractivity contribution in [2.24, 2.45) is 0 Å². The number of carbonyl (C=O) groups excluding carboxylic acids is 4. The van der Waals surface area contributed by atoms with Crippen LogP contribution in [0.15, 0.2) is 24.3 Å². The molecule has 0 fully saturated rings. The van der Waals surface area contributed by atoms with E-state index in [0.717, 1.165) is 24.3 Å². The Bertz CT molecular complexity index is 369. The van der Waals surface area contributed by atoms with E-state index in [0.29, 0.717) is 26.4 Å². The molecule has 8 heteroatoms. The van der Waals surface area contributed by atoms with E-state index in [1.165, 1.54) is 0 Å². The summed E-state index contributed by atoms with van der Waals surface area (Å²) >= 11 is 0. The van der Waals surface area contributed by atoms with Crippen molar-refractivity contribution in [2.45, 2.75) is 27.7 Å². The molecule has 0 saturated carbocycles. The van der Waals surface area contributed by atoms with Crippen LogP contribution in [0.25, 0.3) is 0 Å². The lowest BCUT2D eigenvalue weighted by Gasteiger charge is -1.95. The number of esters is 4. The van der Waals surface area contributed by atoms with Gasteiger partial charge in [0.05, 0.1) is 26.4 Å². The van der Waals surface area contributed by atoms with E-state index in [1.807, 2.05) is 0 Å². The molecule has 0 aliphatic carbocycles. The van der Waals surface area contributed by atoms with Gasteiger partial charge < -0.3 is 18.9 Å². The Kier molecular flexibility index (Phi) is 16.5. The fraction of sp³-hybridized carbons (Fsp3) is 0.500. The van der Waals surface area contributed by atoms with Crippen LogP contribution < -0.4 is 0 Å². The molecule has 0 aliphatic heterocycles. The molecule has 0 N–H and O–H groups in total. The predicted octanol–water partition coefficient (Wildman–Crippen LogP) is 1.34. The van der Waals surface area contributed by atoms with Gasteiger partial charge in [0.2, 0.25) is 0 Å². The van der Waals surface area contributed by atoms with Gasteiger partial charge in [-0.3, -0.25) is 0 Å². The molecule has 0 aliphatic rings. The molecule has 136 valence electrons. The van der Waals surface area contributed by atoms with Gasteiger partial charge in [-0.25, -0.2) is 19.2 Å². The highest BCUT2D eigenvalue weighted by molar-refractivity contribution is 5.92. The summed E-state index contributed by atoms with van der Waals surface area (Å²) in [5.74, 6) is -2.15. The Morgan fingerprint density at radius 2 is 0.667 bits per heavy atom. The molecule has 0 spiro atoms. The molecule has 0 atom stereocenters. The molecule has 0 rings (SSSR count). The highest BCUT2D eigenvalue weighted by Gasteiger charge is 1.98. The van der Waals surface area contributed by atoms with Crippen molar-refractivity contribution >= 4 is 23.9 Å². The Morgan fingerprint density at radius 3 is 0.792 bits per heavy atom. The van der Waals surface area contributed by atoms with Crippen molar-refractivity contribution in [3.8, 4) is 0 Å². The number of rotatable bonds is 8. The van der Waals surface area contributed by atoms with Gasteiger partial charge in [-0.2, -0.15) is 0 Å². The third kappa shape index (κ3) is 17.4. The lowest BCUT2D eigenvalue weighted by molar-refractivity contribution is -0.140. The van der Waals surface area contributed by atoms with Crippen molar-refractivity contribution in [2.75, 3.05) is 26.4 Å². The average Bonchev–Trinajstić information content (AvgIpc) is 2.53. The van der Waals surface area contributed by atoms with Gasteiger partial charge in [-0.15, -0.1) is 0 Å². The second-order valence-electron chi connectivity index (χ2n) is 3.67. The van der Waals surface area contributed by atoms with Crippen molar-refractivity contribution < 1.29 is 38.1 Å². The lowest BCUT2D eigenvalue weighted by atomic mass is 10.5. The van der Waals surface area contributed by atoms with Crippen LogP contribution in [0.5, 0.6) is 0 Å². The summed E-state index contributed by atoms with van der Waals surface area (Å²) in [7, 11) is 0. The molecule has 0 aromatic rings. The highest BCUT2D eigenvalue weighted by Crippen LogP contribution is 1.85. The topological polar surface area (TPSA) is 105 Å². The SMILES string of the molecule is CCOC(=O)/C=C/C(=O)OCC.CCOC(=O)/C=C\C(=O)OCC. The number of hydrogen-bond acceptors (Lipinski definition) is 8. The predicted molar refractivity (Wildman–Crippen MR) is 84.8 cm³/mol. The maximum atomic E-state index is 10.6. The van der Waals surface area contributed by atoms with Gasteiger partial charge >= 0.3 is 23.9 Å². The maximum absolute atomic E-state index is 10.6. The molecular weight excluding hydrogens is 320 g/mol. The molecule has 0 heterocycles. The first-order valence-corrected chi connectivity index (χ1v) is 7.44. The molecule has 0 saturated heterocycles. The zero-order chi connectivity index (χ0) is 18.8. The van der Waals surface area contributed by atoms with Crippen molar-refractivity contribution in [1.82, 2.24) is 0 Å². The lowest BCUT2D eigenvalue weighted by Crippen LogP contribution is -2.03. The molecule has 8 nitrogen and oxygen atoms in total. The van der Waals surface area contributed by atoms with Crippen LogP contribution in [0.4, 0.5) is 0 Å². The molecule has 0 bridgehead atoms. The van der Waals surface area contributed by atoms with E-state index < -0.39 is 23.9 Å². The molecule has 0 radical (unpaired) electrons. The van der Waals surface area contributed by atoms with Crippen LogP contribution >= 0.6 is 0 Å². The molecular formula is C16H24O8. The van der Waals surface area contributed by atoms with Crippen LogP contribution in [0.3, 0.4) is 0 Å². The number of ether oxygens (including phenoxy) is 4. The van der Waals surface area contributed by atoms with Gasteiger partial charge in [-0.05, 0) is 27.7 Å². The Balaban J connectivity index is 0. The van der Waals surface area contributed by atoms with Crippen LogP contribution in [-0.4, -0.2) is 50.3 Å². The first kappa shape index (κ1) is 23.6. The van der Waals surface area contributed by atoms with Crippen molar-refractivity contribution in [3.05, 3.63) is 24.3 Å². The van der Waals surface area contributed by atoms with Crippen LogP contribution in [0, 0.1) is 0 Å². The standard InChI is InChI=1S/2C8H12O4/c2*1-3-11-7(9)5-6-8(10)12-4-2/h2*5-6H,3-4H2,1-2H3/b6-5+;6-5-. The zero-order valence-electron chi connectivity index (χ0n) is 14.4. The summed E-state index contributed by atoms with van der Waals surface area (Å²) in [6.45, 7) is 7.95. The number of carbonyl (C=O) groups is 4. The van der Waals surface area contributed by atoms with Gasteiger partial charge in [0.1, 0.15) is 0 Å². The average molecular weight is 344 g/mol. The first-order valence-electron chi connectivity index (χ1n) is 7.44. The van der Waals surface area contributed by atoms with Crippen molar-refractivity contribution in [1.29, 1.82) is 0 Å². The highest BCUT2D eigenvalue weighted by atomic mass is 16.5. The van der Waals surface area contributed by atoms with Gasteiger partial charge in [0.15, 0.2) is 0 Å².